The molecule has 8 heteroatoms. The summed E-state index contributed by atoms with van der Waals surface area (Å²) in [6.07, 6.45) is 3.15. The minimum Gasteiger partial charge on any atom is -0.377 e. The van der Waals surface area contributed by atoms with Crippen LogP contribution in [0.15, 0.2) is 4.99 Å². The molecule has 4 aliphatic rings. The standard InChI is InChI=1S/C19H32N4O3.HI/c1-19(2)15(13-6-12-26-16(13)19)21-18(20-3)23-9-7-22(8-10-23)17(24)14-5-4-11-25-14;/h13-16H,4-12H2,1-3H3,(H,20,21);1H. The maximum absolute atomic E-state index is 12.5. The van der Waals surface area contributed by atoms with E-state index in [1.807, 2.05) is 11.9 Å². The fourth-order valence-corrected chi connectivity index (χ4v) is 5.17. The normalized spacial score (nSPS) is 35.3. The van der Waals surface area contributed by atoms with Crippen molar-refractivity contribution in [3.63, 3.8) is 0 Å². The molecule has 4 fully saturated rings. The molecule has 0 aromatic rings. The summed E-state index contributed by atoms with van der Waals surface area (Å²) in [5.74, 6) is 1.71. The number of carbonyl (C=O) groups is 1. The number of piperazine rings is 1. The Bertz CT molecular complexity index is 571. The van der Waals surface area contributed by atoms with E-state index in [9.17, 15) is 4.79 Å². The van der Waals surface area contributed by atoms with Crippen molar-refractivity contribution < 1.29 is 14.3 Å². The number of ether oxygens (including phenoxy) is 2. The average Bonchev–Trinajstić information content (AvgIpc) is 3.33. The van der Waals surface area contributed by atoms with Gasteiger partial charge in [-0.05, 0) is 19.3 Å². The van der Waals surface area contributed by atoms with Crippen LogP contribution in [-0.2, 0) is 14.3 Å². The highest BCUT2D eigenvalue weighted by atomic mass is 127. The second-order valence-electron chi connectivity index (χ2n) is 8.55. The smallest absolute Gasteiger partial charge is 0.251 e. The summed E-state index contributed by atoms with van der Waals surface area (Å²) in [5, 5.41) is 3.70. The number of nitrogens with one attached hydrogen (secondary N) is 1. The Balaban J connectivity index is 0.00000210. The van der Waals surface area contributed by atoms with E-state index in [4.69, 9.17) is 9.47 Å². The summed E-state index contributed by atoms with van der Waals surface area (Å²) in [6.45, 7) is 9.26. The molecule has 4 rings (SSSR count). The zero-order valence-corrected chi connectivity index (χ0v) is 19.0. The van der Waals surface area contributed by atoms with Gasteiger partial charge in [0, 0.05) is 63.8 Å². The van der Waals surface area contributed by atoms with Crippen LogP contribution in [-0.4, -0.2) is 86.4 Å². The predicted molar refractivity (Wildman–Crippen MR) is 114 cm³/mol. The second kappa shape index (κ2) is 8.41. The van der Waals surface area contributed by atoms with E-state index in [2.05, 4.69) is 29.1 Å². The van der Waals surface area contributed by atoms with E-state index in [-0.39, 0.29) is 41.4 Å². The second-order valence-corrected chi connectivity index (χ2v) is 8.55. The van der Waals surface area contributed by atoms with Crippen molar-refractivity contribution in [3.8, 4) is 0 Å². The Morgan fingerprint density at radius 3 is 2.41 bits per heavy atom. The molecule has 1 amide bonds. The minimum atomic E-state index is -0.214. The Labute approximate surface area is 179 Å². The molecule has 4 atom stereocenters. The maximum atomic E-state index is 12.5. The number of halogens is 1. The molecule has 3 heterocycles. The van der Waals surface area contributed by atoms with E-state index >= 15 is 0 Å². The molecule has 7 nitrogen and oxygen atoms in total. The van der Waals surface area contributed by atoms with Gasteiger partial charge in [-0.3, -0.25) is 9.79 Å². The van der Waals surface area contributed by atoms with E-state index in [0.29, 0.717) is 18.1 Å². The van der Waals surface area contributed by atoms with E-state index < -0.39 is 0 Å². The molecule has 0 radical (unpaired) electrons. The molecule has 154 valence electrons. The summed E-state index contributed by atoms with van der Waals surface area (Å²) in [7, 11) is 1.85. The van der Waals surface area contributed by atoms with Gasteiger partial charge in [0.1, 0.15) is 6.10 Å². The highest BCUT2D eigenvalue weighted by Gasteiger charge is 2.59. The highest BCUT2D eigenvalue weighted by Crippen LogP contribution is 2.52. The molecule has 0 aromatic carbocycles. The fourth-order valence-electron chi connectivity index (χ4n) is 5.17. The number of carbonyl (C=O) groups excluding carboxylic acids is 1. The van der Waals surface area contributed by atoms with Crippen LogP contribution >= 0.6 is 24.0 Å². The SMILES string of the molecule is CN=C(NC1C2CCOC2C1(C)C)N1CCN(C(=O)C2CCCO2)CC1.I. The molecule has 0 aromatic heterocycles. The molecule has 1 saturated carbocycles. The summed E-state index contributed by atoms with van der Waals surface area (Å²) in [6, 6.07) is 0.403. The van der Waals surface area contributed by atoms with Gasteiger partial charge in [-0.15, -0.1) is 24.0 Å². The van der Waals surface area contributed by atoms with Crippen LogP contribution in [0.2, 0.25) is 0 Å². The number of aliphatic imine (C=N–C) groups is 1. The number of hydrogen-bond acceptors (Lipinski definition) is 4. The molecule has 0 bridgehead atoms. The maximum Gasteiger partial charge on any atom is 0.251 e. The van der Waals surface area contributed by atoms with Gasteiger partial charge in [-0.25, -0.2) is 0 Å². The van der Waals surface area contributed by atoms with Crippen molar-refractivity contribution >= 4 is 35.8 Å². The number of nitrogens with zero attached hydrogens (tertiary/aromatic N) is 3. The first-order valence-electron chi connectivity index (χ1n) is 10.0. The molecular formula is C19H33IN4O3. The summed E-state index contributed by atoms with van der Waals surface area (Å²) in [4.78, 5) is 21.3. The first kappa shape index (κ1) is 21.1. The number of rotatable bonds is 2. The van der Waals surface area contributed by atoms with Crippen molar-refractivity contribution in [2.75, 3.05) is 46.4 Å². The van der Waals surface area contributed by atoms with Gasteiger partial charge < -0.3 is 24.6 Å². The lowest BCUT2D eigenvalue weighted by Gasteiger charge is -2.55. The third-order valence-corrected chi connectivity index (χ3v) is 6.69. The van der Waals surface area contributed by atoms with Crippen molar-refractivity contribution in [3.05, 3.63) is 0 Å². The number of fused-ring (bicyclic) bond motifs is 1. The average molecular weight is 492 g/mol. The molecule has 27 heavy (non-hydrogen) atoms. The first-order chi connectivity index (χ1) is 12.5. The van der Waals surface area contributed by atoms with Gasteiger partial charge in [-0.1, -0.05) is 13.8 Å². The topological polar surface area (TPSA) is 66.4 Å². The third-order valence-electron chi connectivity index (χ3n) is 6.69. The first-order valence-corrected chi connectivity index (χ1v) is 10.0. The summed E-state index contributed by atoms with van der Waals surface area (Å²) in [5.41, 5.74) is 0.134. The van der Waals surface area contributed by atoms with Gasteiger partial charge in [-0.2, -0.15) is 0 Å². The van der Waals surface area contributed by atoms with E-state index in [1.165, 1.54) is 0 Å². The van der Waals surface area contributed by atoms with Crippen molar-refractivity contribution in [2.45, 2.75) is 51.4 Å². The van der Waals surface area contributed by atoms with E-state index in [0.717, 1.165) is 64.6 Å². The van der Waals surface area contributed by atoms with E-state index in [1.54, 1.807) is 0 Å². The van der Waals surface area contributed by atoms with Crippen LogP contribution in [0, 0.1) is 11.3 Å². The van der Waals surface area contributed by atoms with Crippen LogP contribution in [0.3, 0.4) is 0 Å². The zero-order valence-electron chi connectivity index (χ0n) is 16.6. The van der Waals surface area contributed by atoms with Gasteiger partial charge in [0.25, 0.3) is 5.91 Å². The quantitative estimate of drug-likeness (QED) is 0.358. The zero-order chi connectivity index (χ0) is 18.3. The Hall–Kier alpha value is -0.610. The Morgan fingerprint density at radius 2 is 1.78 bits per heavy atom. The monoisotopic (exact) mass is 492 g/mol. The van der Waals surface area contributed by atoms with Crippen molar-refractivity contribution in [1.29, 1.82) is 0 Å². The largest absolute Gasteiger partial charge is 0.377 e. The number of amides is 1. The van der Waals surface area contributed by atoms with Crippen LogP contribution in [0.1, 0.15) is 33.1 Å². The fraction of sp³-hybridized carbons (Fsp3) is 0.895. The molecule has 1 N–H and O–H groups in total. The Morgan fingerprint density at radius 1 is 1.07 bits per heavy atom. The molecular weight excluding hydrogens is 459 g/mol. The summed E-state index contributed by atoms with van der Waals surface area (Å²) < 4.78 is 11.4. The van der Waals surface area contributed by atoms with Gasteiger partial charge in [0.15, 0.2) is 5.96 Å². The number of hydrogen-bond donors (Lipinski definition) is 1. The van der Waals surface area contributed by atoms with Crippen molar-refractivity contribution in [2.24, 2.45) is 16.3 Å². The van der Waals surface area contributed by atoms with Gasteiger partial charge >= 0.3 is 0 Å². The predicted octanol–water partition coefficient (Wildman–Crippen LogP) is 1.32. The molecule has 3 saturated heterocycles. The van der Waals surface area contributed by atoms with Crippen LogP contribution in [0.25, 0.3) is 0 Å². The molecule has 3 aliphatic heterocycles. The molecule has 4 unspecified atom stereocenters. The van der Waals surface area contributed by atoms with Gasteiger partial charge in [0.05, 0.1) is 6.10 Å². The lowest BCUT2D eigenvalue weighted by atomic mass is 9.57. The lowest BCUT2D eigenvalue weighted by molar-refractivity contribution is -0.142. The third kappa shape index (κ3) is 3.81. The molecule has 0 spiro atoms. The molecule has 1 aliphatic carbocycles. The summed E-state index contributed by atoms with van der Waals surface area (Å²) >= 11 is 0. The van der Waals surface area contributed by atoms with Gasteiger partial charge in [0.2, 0.25) is 0 Å². The van der Waals surface area contributed by atoms with Crippen LogP contribution in [0.4, 0.5) is 0 Å². The van der Waals surface area contributed by atoms with Crippen molar-refractivity contribution in [1.82, 2.24) is 15.1 Å². The van der Waals surface area contributed by atoms with Crippen LogP contribution < -0.4 is 5.32 Å². The van der Waals surface area contributed by atoms with Crippen LogP contribution in [0.5, 0.6) is 0 Å². The highest BCUT2D eigenvalue weighted by molar-refractivity contribution is 14.0. The minimum absolute atomic E-state index is 0. The lowest BCUT2D eigenvalue weighted by Crippen LogP contribution is -2.68. The Kier molecular flexibility index (Phi) is 6.57. The number of guanidine groups is 1.